The Balaban J connectivity index is 2.28. The standard InChI is InChI=1S/C20H26F3NO3/c1-18(2,3)27-16(25)13-24(4)17(26)19(10-5-6-11-19)14-8-7-9-15(12-14)20(21,22)23/h7-9,12H,5-6,10-11,13H2,1-4H3. The molecule has 0 unspecified atom stereocenters. The van der Waals surface area contributed by atoms with Crippen LogP contribution in [0.1, 0.15) is 57.6 Å². The molecule has 0 aliphatic heterocycles. The normalized spacial score (nSPS) is 16.9. The van der Waals surface area contributed by atoms with E-state index in [4.69, 9.17) is 4.74 Å². The summed E-state index contributed by atoms with van der Waals surface area (Å²) in [5.41, 5.74) is -2.12. The highest BCUT2D eigenvalue weighted by Gasteiger charge is 2.45. The van der Waals surface area contributed by atoms with Gasteiger partial charge in [0.05, 0.1) is 11.0 Å². The number of rotatable bonds is 4. The Morgan fingerprint density at radius 3 is 2.26 bits per heavy atom. The fraction of sp³-hybridized carbons (Fsp3) is 0.600. The zero-order valence-corrected chi connectivity index (χ0v) is 16.2. The average Bonchev–Trinajstić information content (AvgIpc) is 3.02. The van der Waals surface area contributed by atoms with Crippen LogP contribution in [0.2, 0.25) is 0 Å². The number of esters is 1. The number of alkyl halides is 3. The molecule has 0 aromatic heterocycles. The van der Waals surface area contributed by atoms with Crippen LogP contribution in [0.15, 0.2) is 24.3 Å². The van der Waals surface area contributed by atoms with Crippen LogP contribution in [0.25, 0.3) is 0 Å². The van der Waals surface area contributed by atoms with E-state index in [0.717, 1.165) is 25.0 Å². The minimum absolute atomic E-state index is 0.239. The summed E-state index contributed by atoms with van der Waals surface area (Å²) in [6, 6.07) is 4.96. The first-order valence-electron chi connectivity index (χ1n) is 9.00. The van der Waals surface area contributed by atoms with Crippen molar-refractivity contribution < 1.29 is 27.5 Å². The first-order valence-corrected chi connectivity index (χ1v) is 9.00. The molecule has 1 aliphatic rings. The zero-order chi connectivity index (χ0) is 20.5. The minimum Gasteiger partial charge on any atom is -0.459 e. The van der Waals surface area contributed by atoms with Crippen LogP contribution in [0, 0.1) is 0 Å². The van der Waals surface area contributed by atoms with Gasteiger partial charge in [0.2, 0.25) is 5.91 Å². The number of hydrogen-bond acceptors (Lipinski definition) is 3. The van der Waals surface area contributed by atoms with E-state index in [1.54, 1.807) is 26.8 Å². The first kappa shape index (κ1) is 21.3. The molecular formula is C20H26F3NO3. The summed E-state index contributed by atoms with van der Waals surface area (Å²) in [5.74, 6) is -0.888. The SMILES string of the molecule is CN(CC(=O)OC(C)(C)C)C(=O)C1(c2cccc(C(F)(F)F)c2)CCCC1. The number of carbonyl (C=O) groups is 2. The third-order valence-corrected chi connectivity index (χ3v) is 4.74. The van der Waals surface area contributed by atoms with Gasteiger partial charge in [-0.1, -0.05) is 31.0 Å². The third-order valence-electron chi connectivity index (χ3n) is 4.74. The predicted molar refractivity (Wildman–Crippen MR) is 95.1 cm³/mol. The van der Waals surface area contributed by atoms with Gasteiger partial charge >= 0.3 is 12.1 Å². The maximum atomic E-state index is 13.2. The number of benzene rings is 1. The molecule has 0 atom stereocenters. The molecule has 4 nitrogen and oxygen atoms in total. The molecule has 7 heteroatoms. The lowest BCUT2D eigenvalue weighted by molar-refractivity contribution is -0.159. The predicted octanol–water partition coefficient (Wildman–Crippen LogP) is 4.32. The summed E-state index contributed by atoms with van der Waals surface area (Å²) in [5, 5.41) is 0. The van der Waals surface area contributed by atoms with Crippen LogP contribution in [-0.2, 0) is 25.9 Å². The van der Waals surface area contributed by atoms with Crippen molar-refractivity contribution in [2.24, 2.45) is 0 Å². The Labute approximate surface area is 157 Å². The molecule has 150 valence electrons. The fourth-order valence-corrected chi connectivity index (χ4v) is 3.60. The highest BCUT2D eigenvalue weighted by Crippen LogP contribution is 2.44. The molecule has 0 saturated heterocycles. The molecule has 0 heterocycles. The molecule has 1 saturated carbocycles. The summed E-state index contributed by atoms with van der Waals surface area (Å²) in [6.45, 7) is 4.95. The Morgan fingerprint density at radius 1 is 1.15 bits per heavy atom. The van der Waals surface area contributed by atoms with Crippen molar-refractivity contribution >= 4 is 11.9 Å². The van der Waals surface area contributed by atoms with Crippen molar-refractivity contribution in [2.75, 3.05) is 13.6 Å². The number of ether oxygens (including phenoxy) is 1. The number of likely N-dealkylation sites (N-methyl/N-ethyl adjacent to an activating group) is 1. The highest BCUT2D eigenvalue weighted by atomic mass is 19.4. The van der Waals surface area contributed by atoms with Gasteiger partial charge in [-0.15, -0.1) is 0 Å². The Kier molecular flexibility index (Phi) is 5.92. The van der Waals surface area contributed by atoms with E-state index >= 15 is 0 Å². The molecule has 0 spiro atoms. The molecule has 0 radical (unpaired) electrons. The van der Waals surface area contributed by atoms with Crippen molar-refractivity contribution in [1.29, 1.82) is 0 Å². The first-order chi connectivity index (χ1) is 12.3. The minimum atomic E-state index is -4.47. The lowest BCUT2D eigenvalue weighted by Crippen LogP contribution is -2.46. The smallest absolute Gasteiger partial charge is 0.416 e. The molecule has 1 amide bonds. The van der Waals surface area contributed by atoms with Crippen LogP contribution in [0.5, 0.6) is 0 Å². The van der Waals surface area contributed by atoms with E-state index in [0.29, 0.717) is 18.4 Å². The van der Waals surface area contributed by atoms with Crippen LogP contribution in [0.3, 0.4) is 0 Å². The molecule has 0 N–H and O–H groups in total. The van der Waals surface area contributed by atoms with Crippen molar-refractivity contribution in [1.82, 2.24) is 4.90 Å². The quantitative estimate of drug-likeness (QED) is 0.726. The molecule has 2 rings (SSSR count). The van der Waals surface area contributed by atoms with Crippen LogP contribution in [-0.4, -0.2) is 36.0 Å². The molecule has 0 bridgehead atoms. The number of amides is 1. The van der Waals surface area contributed by atoms with Gasteiger partial charge in [0.25, 0.3) is 0 Å². The second-order valence-electron chi connectivity index (χ2n) is 8.12. The maximum Gasteiger partial charge on any atom is 0.416 e. The fourth-order valence-electron chi connectivity index (χ4n) is 3.60. The van der Waals surface area contributed by atoms with Crippen LogP contribution < -0.4 is 0 Å². The molecular weight excluding hydrogens is 359 g/mol. The molecule has 1 aromatic carbocycles. The van der Waals surface area contributed by atoms with Gasteiger partial charge in [-0.25, -0.2) is 0 Å². The topological polar surface area (TPSA) is 46.6 Å². The van der Waals surface area contributed by atoms with Gasteiger partial charge < -0.3 is 9.64 Å². The van der Waals surface area contributed by atoms with E-state index in [-0.39, 0.29) is 12.5 Å². The Bertz CT molecular complexity index is 701. The number of hydrogen-bond donors (Lipinski definition) is 0. The summed E-state index contributed by atoms with van der Waals surface area (Å²) < 4.78 is 44.6. The van der Waals surface area contributed by atoms with E-state index in [1.165, 1.54) is 18.0 Å². The lowest BCUT2D eigenvalue weighted by Gasteiger charge is -2.33. The largest absolute Gasteiger partial charge is 0.459 e. The van der Waals surface area contributed by atoms with Crippen molar-refractivity contribution in [3.05, 3.63) is 35.4 Å². The van der Waals surface area contributed by atoms with Crippen molar-refractivity contribution in [3.63, 3.8) is 0 Å². The van der Waals surface area contributed by atoms with E-state index in [9.17, 15) is 22.8 Å². The molecule has 27 heavy (non-hydrogen) atoms. The summed E-state index contributed by atoms with van der Waals surface area (Å²) in [7, 11) is 1.49. The van der Waals surface area contributed by atoms with Crippen molar-refractivity contribution in [2.45, 2.75) is 63.6 Å². The lowest BCUT2D eigenvalue weighted by atomic mass is 9.77. The van der Waals surface area contributed by atoms with Gasteiger partial charge in [-0.05, 0) is 45.2 Å². The summed E-state index contributed by atoms with van der Waals surface area (Å²) in [4.78, 5) is 26.5. The maximum absolute atomic E-state index is 13.2. The second-order valence-corrected chi connectivity index (χ2v) is 8.12. The summed E-state index contributed by atoms with van der Waals surface area (Å²) in [6.07, 6.45) is -2.04. The highest BCUT2D eigenvalue weighted by molar-refractivity contribution is 5.91. The number of nitrogens with zero attached hydrogens (tertiary/aromatic N) is 1. The van der Waals surface area contributed by atoms with Gasteiger partial charge in [0.15, 0.2) is 0 Å². The average molecular weight is 385 g/mol. The third kappa shape index (κ3) is 5.02. The van der Waals surface area contributed by atoms with E-state index < -0.39 is 28.7 Å². The van der Waals surface area contributed by atoms with E-state index in [2.05, 4.69) is 0 Å². The number of carbonyl (C=O) groups excluding carboxylic acids is 2. The van der Waals surface area contributed by atoms with Crippen LogP contribution in [0.4, 0.5) is 13.2 Å². The number of halogens is 3. The molecule has 1 aromatic rings. The van der Waals surface area contributed by atoms with Gasteiger partial charge in [0, 0.05) is 7.05 Å². The van der Waals surface area contributed by atoms with Gasteiger partial charge in [-0.3, -0.25) is 9.59 Å². The summed E-state index contributed by atoms with van der Waals surface area (Å²) >= 11 is 0. The second kappa shape index (κ2) is 7.52. The Morgan fingerprint density at radius 2 is 1.74 bits per heavy atom. The van der Waals surface area contributed by atoms with E-state index in [1.807, 2.05) is 0 Å². The van der Waals surface area contributed by atoms with Gasteiger partial charge in [-0.2, -0.15) is 13.2 Å². The Hall–Kier alpha value is -2.05. The van der Waals surface area contributed by atoms with Gasteiger partial charge in [0.1, 0.15) is 12.1 Å². The molecule has 1 aliphatic carbocycles. The zero-order valence-electron chi connectivity index (χ0n) is 16.2. The van der Waals surface area contributed by atoms with Crippen molar-refractivity contribution in [3.8, 4) is 0 Å². The monoisotopic (exact) mass is 385 g/mol. The van der Waals surface area contributed by atoms with Crippen LogP contribution >= 0.6 is 0 Å². The molecule has 1 fully saturated rings.